The Labute approximate surface area is 144 Å². The zero-order valence-corrected chi connectivity index (χ0v) is 14.9. The molecule has 1 saturated heterocycles. The van der Waals surface area contributed by atoms with Gasteiger partial charge in [0.2, 0.25) is 5.91 Å². The summed E-state index contributed by atoms with van der Waals surface area (Å²) in [5.41, 5.74) is 2.03. The molecule has 0 spiro atoms. The number of carbonyl (C=O) groups is 1. The maximum Gasteiger partial charge on any atom is 0.237 e. The van der Waals surface area contributed by atoms with Gasteiger partial charge in [-0.2, -0.15) is 0 Å². The first kappa shape index (κ1) is 18.3. The van der Waals surface area contributed by atoms with Crippen LogP contribution in [0.25, 0.3) is 0 Å². The van der Waals surface area contributed by atoms with E-state index >= 15 is 0 Å². The van der Waals surface area contributed by atoms with Gasteiger partial charge in [0.1, 0.15) is 5.76 Å². The highest BCUT2D eigenvalue weighted by Gasteiger charge is 2.38. The van der Waals surface area contributed by atoms with Crippen molar-refractivity contribution in [2.24, 2.45) is 5.92 Å². The summed E-state index contributed by atoms with van der Waals surface area (Å²) in [6.07, 6.45) is 7.74. The molecule has 1 amide bonds. The predicted molar refractivity (Wildman–Crippen MR) is 91.6 cm³/mol. The van der Waals surface area contributed by atoms with Crippen molar-refractivity contribution in [3.05, 3.63) is 17.0 Å². The van der Waals surface area contributed by atoms with Gasteiger partial charge in [0.15, 0.2) is 0 Å². The number of hydrogen-bond acceptors (Lipinski definition) is 4. The van der Waals surface area contributed by atoms with Gasteiger partial charge >= 0.3 is 0 Å². The first-order valence-electron chi connectivity index (χ1n) is 8.73. The van der Waals surface area contributed by atoms with Crippen molar-refractivity contribution in [1.29, 1.82) is 0 Å². The molecule has 6 heteroatoms. The molecule has 2 N–H and O–H groups in total. The maximum absolute atomic E-state index is 12.5. The highest BCUT2D eigenvalue weighted by molar-refractivity contribution is 5.85. The van der Waals surface area contributed by atoms with Gasteiger partial charge in [0, 0.05) is 24.6 Å². The van der Waals surface area contributed by atoms with Crippen LogP contribution in [0.3, 0.4) is 0 Å². The lowest BCUT2D eigenvalue weighted by Gasteiger charge is -2.24. The van der Waals surface area contributed by atoms with E-state index in [1.807, 2.05) is 0 Å². The first-order chi connectivity index (χ1) is 10.7. The lowest BCUT2D eigenvalue weighted by atomic mass is 9.85. The molecule has 3 unspecified atom stereocenters. The summed E-state index contributed by atoms with van der Waals surface area (Å²) in [4.78, 5) is 12.5. The summed E-state index contributed by atoms with van der Waals surface area (Å²) in [7, 11) is 0. The smallest absolute Gasteiger partial charge is 0.237 e. The summed E-state index contributed by atoms with van der Waals surface area (Å²) < 4.78 is 5.35. The molecular weight excluding hydrogens is 314 g/mol. The van der Waals surface area contributed by atoms with Crippen LogP contribution in [0.15, 0.2) is 4.52 Å². The molecule has 1 aliphatic heterocycles. The average Bonchev–Trinajstić information content (AvgIpc) is 3.15. The number of hydrogen-bond donors (Lipinski definition) is 2. The number of carbonyl (C=O) groups excluding carboxylic acids is 1. The fourth-order valence-electron chi connectivity index (χ4n) is 3.96. The minimum Gasteiger partial charge on any atom is -0.361 e. The molecule has 2 aliphatic rings. The quantitative estimate of drug-likeness (QED) is 0.864. The molecular formula is C17H28ClN3O2. The topological polar surface area (TPSA) is 67.2 Å². The van der Waals surface area contributed by atoms with Gasteiger partial charge < -0.3 is 15.2 Å². The van der Waals surface area contributed by atoms with Gasteiger partial charge in [-0.15, -0.1) is 12.4 Å². The van der Waals surface area contributed by atoms with E-state index in [-0.39, 0.29) is 24.4 Å². The number of rotatable bonds is 5. The minimum atomic E-state index is -0.0249. The van der Waals surface area contributed by atoms with Crippen LogP contribution in [-0.2, 0) is 24.2 Å². The van der Waals surface area contributed by atoms with Crippen molar-refractivity contribution in [3.8, 4) is 0 Å². The zero-order chi connectivity index (χ0) is 15.5. The molecule has 130 valence electrons. The minimum absolute atomic E-state index is 0. The van der Waals surface area contributed by atoms with Crippen molar-refractivity contribution >= 4 is 18.3 Å². The van der Waals surface area contributed by atoms with Crippen LogP contribution in [-0.4, -0.2) is 23.1 Å². The van der Waals surface area contributed by atoms with Gasteiger partial charge in [-0.3, -0.25) is 4.79 Å². The molecule has 0 radical (unpaired) electrons. The number of aryl methyl sites for hydroxylation is 2. The second-order valence-electron chi connectivity index (χ2n) is 6.56. The number of amides is 1. The summed E-state index contributed by atoms with van der Waals surface area (Å²) in [5.74, 6) is 1.71. The van der Waals surface area contributed by atoms with Crippen LogP contribution in [0.1, 0.15) is 63.0 Å². The Kier molecular flexibility index (Phi) is 6.48. The molecule has 2 heterocycles. The van der Waals surface area contributed by atoms with Gasteiger partial charge in [0.05, 0.1) is 11.7 Å². The van der Waals surface area contributed by atoms with Crippen LogP contribution < -0.4 is 10.6 Å². The van der Waals surface area contributed by atoms with Crippen LogP contribution in [0, 0.1) is 5.92 Å². The second kappa shape index (κ2) is 8.15. The van der Waals surface area contributed by atoms with E-state index in [0.29, 0.717) is 18.5 Å². The van der Waals surface area contributed by atoms with E-state index in [9.17, 15) is 4.79 Å². The Morgan fingerprint density at radius 1 is 1.30 bits per heavy atom. The number of fused-ring (bicyclic) bond motifs is 1. The van der Waals surface area contributed by atoms with Crippen LogP contribution >= 0.6 is 12.4 Å². The fraction of sp³-hybridized carbons (Fsp3) is 0.765. The molecule has 23 heavy (non-hydrogen) atoms. The molecule has 1 aliphatic carbocycles. The van der Waals surface area contributed by atoms with Gasteiger partial charge in [0.25, 0.3) is 0 Å². The SMILES string of the molecule is CCc1noc(CC)c1CNC(=O)C1CC2CCCCC2N1.Cl. The van der Waals surface area contributed by atoms with E-state index < -0.39 is 0 Å². The van der Waals surface area contributed by atoms with Crippen molar-refractivity contribution in [3.63, 3.8) is 0 Å². The number of nitrogens with zero attached hydrogens (tertiary/aromatic N) is 1. The van der Waals surface area contributed by atoms with Crippen molar-refractivity contribution in [1.82, 2.24) is 15.8 Å². The van der Waals surface area contributed by atoms with Gasteiger partial charge in [-0.05, 0) is 31.6 Å². The lowest BCUT2D eigenvalue weighted by molar-refractivity contribution is -0.123. The van der Waals surface area contributed by atoms with Crippen molar-refractivity contribution < 1.29 is 9.32 Å². The Morgan fingerprint density at radius 3 is 2.78 bits per heavy atom. The third-order valence-corrected chi connectivity index (χ3v) is 5.23. The number of nitrogens with one attached hydrogen (secondary N) is 2. The molecule has 0 bridgehead atoms. The molecule has 2 fully saturated rings. The van der Waals surface area contributed by atoms with E-state index in [4.69, 9.17) is 4.52 Å². The summed E-state index contributed by atoms with van der Waals surface area (Å²) in [5, 5.41) is 10.7. The van der Waals surface area contributed by atoms with Crippen LogP contribution in [0.2, 0.25) is 0 Å². The Balaban J connectivity index is 0.00000192. The zero-order valence-electron chi connectivity index (χ0n) is 14.1. The highest BCUT2D eigenvalue weighted by atomic mass is 35.5. The molecule has 1 saturated carbocycles. The second-order valence-corrected chi connectivity index (χ2v) is 6.56. The third-order valence-electron chi connectivity index (χ3n) is 5.23. The summed E-state index contributed by atoms with van der Waals surface area (Å²) in [6, 6.07) is 0.528. The van der Waals surface area contributed by atoms with E-state index in [2.05, 4.69) is 29.6 Å². The maximum atomic E-state index is 12.5. The summed E-state index contributed by atoms with van der Waals surface area (Å²) in [6.45, 7) is 4.64. The normalized spacial score (nSPS) is 26.4. The molecule has 5 nitrogen and oxygen atoms in total. The molecule has 3 atom stereocenters. The first-order valence-corrected chi connectivity index (χ1v) is 8.73. The fourth-order valence-corrected chi connectivity index (χ4v) is 3.96. The average molecular weight is 342 g/mol. The van der Waals surface area contributed by atoms with E-state index in [1.165, 1.54) is 25.7 Å². The number of aromatic nitrogens is 1. The van der Waals surface area contributed by atoms with Gasteiger partial charge in [-0.1, -0.05) is 31.8 Å². The van der Waals surface area contributed by atoms with Crippen LogP contribution in [0.4, 0.5) is 0 Å². The lowest BCUT2D eigenvalue weighted by Crippen LogP contribution is -2.43. The highest BCUT2D eigenvalue weighted by Crippen LogP contribution is 2.33. The summed E-state index contributed by atoms with van der Waals surface area (Å²) >= 11 is 0. The molecule has 1 aromatic rings. The Morgan fingerprint density at radius 2 is 2.09 bits per heavy atom. The largest absolute Gasteiger partial charge is 0.361 e. The van der Waals surface area contributed by atoms with Crippen LogP contribution in [0.5, 0.6) is 0 Å². The monoisotopic (exact) mass is 341 g/mol. The molecule has 0 aromatic carbocycles. The predicted octanol–water partition coefficient (Wildman–Crippen LogP) is 2.76. The molecule has 3 rings (SSSR count). The standard InChI is InChI=1S/C17H27N3O2.ClH/c1-3-13-12(16(4-2)22-20-13)10-18-17(21)15-9-11-7-5-6-8-14(11)19-15;/h11,14-15,19H,3-10H2,1-2H3,(H,18,21);1H. The third kappa shape index (κ3) is 3.89. The Bertz CT molecular complexity index is 496. The van der Waals surface area contributed by atoms with E-state index in [0.717, 1.165) is 36.3 Å². The molecule has 1 aromatic heterocycles. The Hall–Kier alpha value is -1.07. The van der Waals surface area contributed by atoms with Gasteiger partial charge in [-0.25, -0.2) is 0 Å². The van der Waals surface area contributed by atoms with Crippen molar-refractivity contribution in [2.45, 2.75) is 77.4 Å². The number of halogens is 1. The van der Waals surface area contributed by atoms with Crippen molar-refractivity contribution in [2.75, 3.05) is 0 Å². The van der Waals surface area contributed by atoms with E-state index in [1.54, 1.807) is 0 Å².